The highest BCUT2D eigenvalue weighted by atomic mass is 19.1. The van der Waals surface area contributed by atoms with Crippen LogP contribution in [0.2, 0.25) is 0 Å². The Bertz CT molecular complexity index is 1330. The van der Waals surface area contributed by atoms with Crippen LogP contribution >= 0.6 is 0 Å². The van der Waals surface area contributed by atoms with Crippen molar-refractivity contribution < 1.29 is 13.5 Å². The van der Waals surface area contributed by atoms with Crippen LogP contribution in [0.5, 0.6) is 11.6 Å². The first-order valence-electron chi connectivity index (χ1n) is 12.2. The molecule has 1 unspecified atom stereocenters. The molecular formula is C26H31F2N7O. The number of hydrogen-bond donors (Lipinski definition) is 1. The first-order chi connectivity index (χ1) is 17.3. The van der Waals surface area contributed by atoms with Gasteiger partial charge in [0.15, 0.2) is 17.4 Å². The Morgan fingerprint density at radius 2 is 1.86 bits per heavy atom. The minimum atomic E-state index is -0.794. The van der Waals surface area contributed by atoms with E-state index in [1.807, 2.05) is 31.6 Å². The second kappa shape index (κ2) is 9.85. The van der Waals surface area contributed by atoms with Gasteiger partial charge in [0.2, 0.25) is 5.82 Å². The summed E-state index contributed by atoms with van der Waals surface area (Å²) in [5, 5.41) is 3.42. The maximum Gasteiger partial charge on any atom is 0.261 e. The van der Waals surface area contributed by atoms with Gasteiger partial charge in [-0.25, -0.2) is 9.37 Å². The number of fused-ring (bicyclic) bond motifs is 1. The topological polar surface area (TPSA) is 70.8 Å². The van der Waals surface area contributed by atoms with E-state index in [4.69, 9.17) is 4.74 Å². The molecule has 0 bridgehead atoms. The number of hydrogen-bond acceptors (Lipinski definition) is 7. The van der Waals surface area contributed by atoms with Crippen LogP contribution in [0.25, 0.3) is 10.9 Å². The largest absolute Gasteiger partial charge is 0.433 e. The number of benzene rings is 1. The molecule has 8 nitrogen and oxygen atoms in total. The van der Waals surface area contributed by atoms with Gasteiger partial charge in [-0.1, -0.05) is 6.08 Å². The summed E-state index contributed by atoms with van der Waals surface area (Å²) in [6.07, 6.45) is 5.33. The van der Waals surface area contributed by atoms with E-state index >= 15 is 8.78 Å². The van der Waals surface area contributed by atoms with E-state index in [2.05, 4.69) is 43.2 Å². The molecule has 4 heterocycles. The highest BCUT2D eigenvalue weighted by Crippen LogP contribution is 2.34. The second-order valence-electron chi connectivity index (χ2n) is 9.60. The third kappa shape index (κ3) is 4.65. The van der Waals surface area contributed by atoms with E-state index < -0.39 is 11.6 Å². The lowest BCUT2D eigenvalue weighted by atomic mass is 10.2. The third-order valence-electron chi connectivity index (χ3n) is 6.70. The smallest absolute Gasteiger partial charge is 0.261 e. The Morgan fingerprint density at radius 3 is 2.56 bits per heavy atom. The maximum atomic E-state index is 15.3. The number of rotatable bonds is 6. The summed E-state index contributed by atoms with van der Waals surface area (Å²) in [5.74, 6) is -1.83. The monoisotopic (exact) mass is 495 g/mol. The molecule has 1 atom stereocenters. The Kier molecular flexibility index (Phi) is 6.61. The van der Waals surface area contributed by atoms with Crippen molar-refractivity contribution in [1.82, 2.24) is 24.3 Å². The fourth-order valence-corrected chi connectivity index (χ4v) is 4.81. The predicted octanol–water partition coefficient (Wildman–Crippen LogP) is 4.73. The zero-order valence-corrected chi connectivity index (χ0v) is 21.0. The van der Waals surface area contributed by atoms with Gasteiger partial charge < -0.3 is 24.4 Å². The summed E-state index contributed by atoms with van der Waals surface area (Å²) in [4.78, 5) is 17.1. The number of anilines is 1. The number of nitrogens with zero attached hydrogens (tertiary/aromatic N) is 6. The first kappa shape index (κ1) is 24.2. The molecule has 2 aliphatic rings. The van der Waals surface area contributed by atoms with Crippen LogP contribution in [0.1, 0.15) is 32.0 Å². The third-order valence-corrected chi connectivity index (χ3v) is 6.70. The predicted molar refractivity (Wildman–Crippen MR) is 137 cm³/mol. The van der Waals surface area contributed by atoms with Crippen LogP contribution < -0.4 is 10.1 Å². The van der Waals surface area contributed by atoms with Crippen LogP contribution in [0.3, 0.4) is 0 Å². The standard InChI is InChI=1S/C26H31F2N7O/c1-16(2)35-17(3)13-19-20(35)6-7-21(23(19)27)36-26-24(28)25(30-15-31-26)32-22-8-5-18(14-29-22)34-11-9-33(4)10-12-34/h5-7,13-16,22H,8-12H2,1-4H3,(H,30,31,32). The van der Waals surface area contributed by atoms with Gasteiger partial charge in [-0.05, 0) is 46.0 Å². The Morgan fingerprint density at radius 1 is 1.08 bits per heavy atom. The average molecular weight is 496 g/mol. The van der Waals surface area contributed by atoms with Gasteiger partial charge in [0.25, 0.3) is 5.88 Å². The lowest BCUT2D eigenvalue weighted by Gasteiger charge is -2.35. The second-order valence-corrected chi connectivity index (χ2v) is 9.60. The summed E-state index contributed by atoms with van der Waals surface area (Å²) in [6.45, 7) is 9.95. The van der Waals surface area contributed by atoms with E-state index in [9.17, 15) is 0 Å². The zero-order valence-electron chi connectivity index (χ0n) is 21.0. The molecule has 5 rings (SSSR count). The number of likely N-dealkylation sites (N-methyl/N-ethyl adjacent to an activating group) is 1. The number of aromatic nitrogens is 3. The van der Waals surface area contributed by atoms with Crippen molar-refractivity contribution in [2.24, 2.45) is 4.99 Å². The van der Waals surface area contributed by atoms with Crippen molar-refractivity contribution in [2.75, 3.05) is 38.5 Å². The fraction of sp³-hybridized carbons (Fsp3) is 0.423. The number of dihydropyridines is 1. The number of ether oxygens (including phenoxy) is 1. The molecule has 0 aliphatic carbocycles. The molecule has 36 heavy (non-hydrogen) atoms. The molecule has 2 aliphatic heterocycles. The fourth-order valence-electron chi connectivity index (χ4n) is 4.81. The first-order valence-corrected chi connectivity index (χ1v) is 12.2. The maximum absolute atomic E-state index is 15.3. The summed E-state index contributed by atoms with van der Waals surface area (Å²) in [6, 6.07) is 5.23. The minimum absolute atomic E-state index is 0.0399. The van der Waals surface area contributed by atoms with Gasteiger partial charge in [-0.2, -0.15) is 9.37 Å². The van der Waals surface area contributed by atoms with Gasteiger partial charge in [0, 0.05) is 55.9 Å². The van der Waals surface area contributed by atoms with E-state index in [0.29, 0.717) is 11.8 Å². The van der Waals surface area contributed by atoms with Crippen LogP contribution in [0, 0.1) is 18.6 Å². The zero-order chi connectivity index (χ0) is 25.4. The van der Waals surface area contributed by atoms with Gasteiger partial charge in [-0.15, -0.1) is 0 Å². The normalized spacial score (nSPS) is 18.7. The van der Waals surface area contributed by atoms with Crippen molar-refractivity contribution in [1.29, 1.82) is 0 Å². The van der Waals surface area contributed by atoms with E-state index in [1.54, 1.807) is 12.1 Å². The molecule has 0 amide bonds. The van der Waals surface area contributed by atoms with Gasteiger partial charge in [0.05, 0.1) is 11.2 Å². The lowest BCUT2D eigenvalue weighted by Crippen LogP contribution is -2.44. The van der Waals surface area contributed by atoms with Crippen molar-refractivity contribution in [3.63, 3.8) is 0 Å². The molecule has 1 saturated heterocycles. The molecule has 1 N–H and O–H groups in total. The Hall–Kier alpha value is -3.53. The summed E-state index contributed by atoms with van der Waals surface area (Å²) < 4.78 is 38.1. The molecule has 190 valence electrons. The SMILES string of the molecule is Cc1cc2c(F)c(Oc3ncnc(NC4CC=C(N5CCN(C)CC5)C=N4)c3F)ccc2n1C(C)C. The van der Waals surface area contributed by atoms with Crippen LogP contribution in [-0.2, 0) is 0 Å². The lowest BCUT2D eigenvalue weighted by molar-refractivity contribution is 0.192. The minimum Gasteiger partial charge on any atom is -0.433 e. The highest BCUT2D eigenvalue weighted by molar-refractivity contribution is 5.84. The van der Waals surface area contributed by atoms with Crippen LogP contribution in [-0.4, -0.2) is 69.9 Å². The molecule has 0 radical (unpaired) electrons. The highest BCUT2D eigenvalue weighted by Gasteiger charge is 2.22. The molecule has 1 aromatic carbocycles. The number of piperazine rings is 1. The summed E-state index contributed by atoms with van der Waals surface area (Å²) in [5.41, 5.74) is 2.78. The molecular weight excluding hydrogens is 464 g/mol. The number of allylic oxidation sites excluding steroid dienone is 1. The summed E-state index contributed by atoms with van der Waals surface area (Å²) >= 11 is 0. The van der Waals surface area contributed by atoms with E-state index in [-0.39, 0.29) is 29.7 Å². The number of halogens is 2. The van der Waals surface area contributed by atoms with Crippen molar-refractivity contribution in [3.05, 3.63) is 53.6 Å². The molecule has 2 aromatic heterocycles. The number of aryl methyl sites for hydroxylation is 1. The van der Waals surface area contributed by atoms with Gasteiger partial charge >= 0.3 is 0 Å². The molecule has 0 saturated carbocycles. The molecule has 1 fully saturated rings. The van der Waals surface area contributed by atoms with Crippen molar-refractivity contribution >= 4 is 22.9 Å². The molecule has 3 aromatic rings. The van der Waals surface area contributed by atoms with Gasteiger partial charge in [-0.3, -0.25) is 4.99 Å². The number of nitrogens with one attached hydrogen (secondary N) is 1. The van der Waals surface area contributed by atoms with Gasteiger partial charge in [0.1, 0.15) is 12.5 Å². The van der Waals surface area contributed by atoms with Crippen molar-refractivity contribution in [2.45, 2.75) is 39.4 Å². The molecule has 0 spiro atoms. The molecule has 10 heteroatoms. The van der Waals surface area contributed by atoms with Crippen LogP contribution in [0.15, 0.2) is 41.3 Å². The quantitative estimate of drug-likeness (QED) is 0.533. The Labute approximate surface area is 209 Å². The van der Waals surface area contributed by atoms with Crippen LogP contribution in [0.4, 0.5) is 14.6 Å². The van der Waals surface area contributed by atoms with E-state index in [0.717, 1.165) is 43.1 Å². The summed E-state index contributed by atoms with van der Waals surface area (Å²) in [7, 11) is 2.12. The van der Waals surface area contributed by atoms with E-state index in [1.165, 1.54) is 12.4 Å². The van der Waals surface area contributed by atoms with Crippen molar-refractivity contribution in [3.8, 4) is 11.6 Å². The number of aliphatic imine (C=N–C) groups is 1. The average Bonchev–Trinajstić information content (AvgIpc) is 3.21. The Balaban J connectivity index is 1.30.